The first kappa shape index (κ1) is 10.4. The van der Waals surface area contributed by atoms with Crippen LogP contribution < -0.4 is 5.32 Å². The van der Waals surface area contributed by atoms with E-state index in [0.717, 1.165) is 25.3 Å². The minimum atomic E-state index is -0.578. The Kier molecular flexibility index (Phi) is 3.80. The van der Waals surface area contributed by atoms with Crippen LogP contribution in [0.3, 0.4) is 0 Å². The zero-order valence-electron chi connectivity index (χ0n) is 8.97. The van der Waals surface area contributed by atoms with E-state index in [1.54, 1.807) is 0 Å². The van der Waals surface area contributed by atoms with Gasteiger partial charge in [-0.05, 0) is 31.2 Å². The molecule has 0 bridgehead atoms. The predicted molar refractivity (Wildman–Crippen MR) is 57.1 cm³/mol. The second kappa shape index (κ2) is 5.11. The van der Waals surface area contributed by atoms with E-state index in [9.17, 15) is 4.39 Å². The number of rotatable bonds is 2. The topological polar surface area (TPSA) is 12.0 Å². The highest BCUT2D eigenvalue weighted by Crippen LogP contribution is 2.32. The van der Waals surface area contributed by atoms with E-state index in [-0.39, 0.29) is 0 Å². The molecule has 0 aromatic heterocycles. The third kappa shape index (κ3) is 2.69. The summed E-state index contributed by atoms with van der Waals surface area (Å²) in [6, 6.07) is 0. The Hall–Kier alpha value is -0.110. The molecule has 14 heavy (non-hydrogen) atoms. The fraction of sp³-hybridized carbons (Fsp3) is 1.00. The smallest absolute Gasteiger partial charge is 0.115 e. The monoisotopic (exact) mass is 199 g/mol. The van der Waals surface area contributed by atoms with Crippen molar-refractivity contribution in [1.82, 2.24) is 5.32 Å². The van der Waals surface area contributed by atoms with Gasteiger partial charge in [0.25, 0.3) is 0 Å². The highest BCUT2D eigenvalue weighted by Gasteiger charge is 2.27. The average Bonchev–Trinajstić information content (AvgIpc) is 2.23. The van der Waals surface area contributed by atoms with E-state index in [1.165, 1.54) is 32.1 Å². The summed E-state index contributed by atoms with van der Waals surface area (Å²) >= 11 is 0. The van der Waals surface area contributed by atoms with Crippen LogP contribution in [0.5, 0.6) is 0 Å². The van der Waals surface area contributed by atoms with Gasteiger partial charge >= 0.3 is 0 Å². The van der Waals surface area contributed by atoms with Crippen molar-refractivity contribution in [1.29, 1.82) is 0 Å². The lowest BCUT2D eigenvalue weighted by molar-refractivity contribution is 0.142. The van der Waals surface area contributed by atoms with Crippen LogP contribution in [0.2, 0.25) is 0 Å². The van der Waals surface area contributed by atoms with Crippen LogP contribution in [0.15, 0.2) is 0 Å². The van der Waals surface area contributed by atoms with Crippen molar-refractivity contribution >= 4 is 0 Å². The number of piperidine rings is 1. The van der Waals surface area contributed by atoms with Crippen molar-refractivity contribution < 1.29 is 4.39 Å². The number of alkyl halides is 1. The quantitative estimate of drug-likeness (QED) is 0.721. The highest BCUT2D eigenvalue weighted by molar-refractivity contribution is 4.80. The molecule has 82 valence electrons. The van der Waals surface area contributed by atoms with E-state index in [1.807, 2.05) is 0 Å². The number of nitrogens with one attached hydrogen (secondary N) is 1. The Morgan fingerprint density at radius 3 is 2.57 bits per heavy atom. The Balaban J connectivity index is 1.76. The molecule has 0 spiro atoms. The molecule has 2 aliphatic rings. The third-order valence-corrected chi connectivity index (χ3v) is 3.90. The molecule has 1 heterocycles. The van der Waals surface area contributed by atoms with Gasteiger partial charge in [-0.15, -0.1) is 0 Å². The van der Waals surface area contributed by atoms with E-state index >= 15 is 0 Å². The van der Waals surface area contributed by atoms with Gasteiger partial charge in [0.2, 0.25) is 0 Å². The van der Waals surface area contributed by atoms with Crippen LogP contribution in [0, 0.1) is 11.8 Å². The largest absolute Gasteiger partial charge is 0.314 e. The van der Waals surface area contributed by atoms with Gasteiger partial charge in [0.15, 0.2) is 0 Å². The fourth-order valence-corrected chi connectivity index (χ4v) is 2.99. The zero-order chi connectivity index (χ0) is 9.80. The second-order valence-corrected chi connectivity index (χ2v) is 5.01. The van der Waals surface area contributed by atoms with E-state index in [0.29, 0.717) is 12.5 Å². The van der Waals surface area contributed by atoms with Gasteiger partial charge in [-0.25, -0.2) is 4.39 Å². The van der Waals surface area contributed by atoms with Crippen LogP contribution in [-0.2, 0) is 0 Å². The third-order valence-electron chi connectivity index (χ3n) is 3.90. The normalized spacial score (nSPS) is 35.8. The maximum Gasteiger partial charge on any atom is 0.115 e. The molecule has 0 aromatic carbocycles. The molecule has 2 fully saturated rings. The molecule has 1 N–H and O–H groups in total. The van der Waals surface area contributed by atoms with Gasteiger partial charge in [-0.2, -0.15) is 0 Å². The molecule has 1 saturated carbocycles. The number of hydrogen-bond acceptors (Lipinski definition) is 1. The lowest BCUT2D eigenvalue weighted by Crippen LogP contribution is -2.38. The van der Waals surface area contributed by atoms with Gasteiger partial charge in [0, 0.05) is 6.54 Å². The maximum atomic E-state index is 13.5. The summed E-state index contributed by atoms with van der Waals surface area (Å²) in [7, 11) is 0. The number of halogens is 1. The summed E-state index contributed by atoms with van der Waals surface area (Å²) in [6.07, 6.45) is 8.51. The molecule has 2 rings (SSSR count). The van der Waals surface area contributed by atoms with Crippen LogP contribution in [0.4, 0.5) is 4.39 Å². The van der Waals surface area contributed by atoms with Crippen molar-refractivity contribution in [3.05, 3.63) is 0 Å². The van der Waals surface area contributed by atoms with Crippen molar-refractivity contribution in [3.63, 3.8) is 0 Å². The molecule has 2 atom stereocenters. The van der Waals surface area contributed by atoms with Gasteiger partial charge < -0.3 is 5.32 Å². The standard InChI is InChI=1S/C12H22FN/c13-12-9-14-7-6-11(12)8-10-4-2-1-3-5-10/h10-12,14H,1-9H2. The molecule has 0 radical (unpaired) electrons. The minimum Gasteiger partial charge on any atom is -0.314 e. The van der Waals surface area contributed by atoms with Crippen molar-refractivity contribution in [3.8, 4) is 0 Å². The molecule has 2 unspecified atom stereocenters. The van der Waals surface area contributed by atoms with Crippen LogP contribution in [-0.4, -0.2) is 19.3 Å². The Labute approximate surface area is 86.5 Å². The first-order chi connectivity index (χ1) is 6.86. The maximum absolute atomic E-state index is 13.5. The Morgan fingerprint density at radius 2 is 1.86 bits per heavy atom. The minimum absolute atomic E-state index is 0.361. The highest BCUT2D eigenvalue weighted by atomic mass is 19.1. The summed E-state index contributed by atoms with van der Waals surface area (Å²) in [6.45, 7) is 1.62. The summed E-state index contributed by atoms with van der Waals surface area (Å²) in [5, 5.41) is 3.13. The number of hydrogen-bond donors (Lipinski definition) is 1. The van der Waals surface area contributed by atoms with Crippen LogP contribution in [0.25, 0.3) is 0 Å². The molecule has 0 aromatic rings. The summed E-state index contributed by atoms with van der Waals surface area (Å²) < 4.78 is 13.5. The van der Waals surface area contributed by atoms with Crippen molar-refractivity contribution in [2.75, 3.05) is 13.1 Å². The molecule has 0 amide bonds. The summed E-state index contributed by atoms with van der Waals surface area (Å²) in [5.41, 5.74) is 0. The van der Waals surface area contributed by atoms with Crippen LogP contribution in [0.1, 0.15) is 44.9 Å². The summed E-state index contributed by atoms with van der Waals surface area (Å²) in [5.74, 6) is 1.20. The van der Waals surface area contributed by atoms with Crippen molar-refractivity contribution in [2.45, 2.75) is 51.1 Å². The van der Waals surface area contributed by atoms with E-state index < -0.39 is 6.17 Å². The van der Waals surface area contributed by atoms with E-state index in [4.69, 9.17) is 0 Å². The van der Waals surface area contributed by atoms with Crippen LogP contribution >= 0.6 is 0 Å². The van der Waals surface area contributed by atoms with E-state index in [2.05, 4.69) is 5.32 Å². The van der Waals surface area contributed by atoms with Crippen molar-refractivity contribution in [2.24, 2.45) is 11.8 Å². The zero-order valence-corrected chi connectivity index (χ0v) is 8.97. The average molecular weight is 199 g/mol. The lowest BCUT2D eigenvalue weighted by Gasteiger charge is -2.31. The molecule has 2 heteroatoms. The molecule has 1 nitrogen and oxygen atoms in total. The first-order valence-corrected chi connectivity index (χ1v) is 6.21. The molecular formula is C12H22FN. The SMILES string of the molecule is FC1CNCCC1CC1CCCCC1. The molecule has 1 aliphatic heterocycles. The first-order valence-electron chi connectivity index (χ1n) is 6.21. The Morgan fingerprint density at radius 1 is 1.07 bits per heavy atom. The molecule has 1 aliphatic carbocycles. The predicted octanol–water partition coefficient (Wildman–Crippen LogP) is 2.90. The van der Waals surface area contributed by atoms with Gasteiger partial charge in [-0.3, -0.25) is 0 Å². The molecular weight excluding hydrogens is 177 g/mol. The lowest BCUT2D eigenvalue weighted by atomic mass is 9.79. The fourth-order valence-electron chi connectivity index (χ4n) is 2.99. The Bertz CT molecular complexity index is 166. The summed E-state index contributed by atoms with van der Waals surface area (Å²) in [4.78, 5) is 0. The van der Waals surface area contributed by atoms with Gasteiger partial charge in [0.1, 0.15) is 6.17 Å². The van der Waals surface area contributed by atoms with Gasteiger partial charge in [0.05, 0.1) is 0 Å². The van der Waals surface area contributed by atoms with Gasteiger partial charge in [-0.1, -0.05) is 32.1 Å². The second-order valence-electron chi connectivity index (χ2n) is 5.01. The molecule has 1 saturated heterocycles.